The maximum absolute atomic E-state index is 13.5. The summed E-state index contributed by atoms with van der Waals surface area (Å²) in [4.78, 5) is 32.5. The molecule has 0 saturated heterocycles. The standard InChI is InChI=1S/C25H25N5O3S/c1-3-33-24(32)22-18(2)34-25(26-22)30(15-14-19-10-6-4-7-11-19)23(31)21-17-29(28-27-21)16-20-12-8-5-9-13-20/h4-13,17H,3,14-16H2,1-2H3. The zero-order chi connectivity index (χ0) is 23.9. The van der Waals surface area contributed by atoms with Crippen LogP contribution >= 0.6 is 11.3 Å². The Hall–Kier alpha value is -3.85. The molecular formula is C25H25N5O3S. The molecule has 2 heterocycles. The molecule has 2 aromatic carbocycles. The molecule has 0 aliphatic rings. The van der Waals surface area contributed by atoms with Crippen LogP contribution in [0.4, 0.5) is 5.13 Å². The number of ether oxygens (including phenoxy) is 1. The minimum absolute atomic E-state index is 0.217. The number of hydrogen-bond donors (Lipinski definition) is 0. The van der Waals surface area contributed by atoms with Crippen molar-refractivity contribution in [2.75, 3.05) is 18.1 Å². The van der Waals surface area contributed by atoms with Crippen LogP contribution in [0.5, 0.6) is 0 Å². The van der Waals surface area contributed by atoms with Gasteiger partial charge in [-0.1, -0.05) is 65.9 Å². The van der Waals surface area contributed by atoms with Gasteiger partial charge in [-0.3, -0.25) is 9.69 Å². The molecule has 0 atom stereocenters. The number of nitrogens with zero attached hydrogens (tertiary/aromatic N) is 5. The fourth-order valence-corrected chi connectivity index (χ4v) is 4.36. The number of hydrogen-bond acceptors (Lipinski definition) is 7. The largest absolute Gasteiger partial charge is 0.461 e. The Balaban J connectivity index is 1.59. The first-order chi connectivity index (χ1) is 16.5. The molecule has 0 bridgehead atoms. The average Bonchev–Trinajstić information content (AvgIpc) is 3.47. The molecule has 34 heavy (non-hydrogen) atoms. The van der Waals surface area contributed by atoms with E-state index in [0.29, 0.717) is 29.5 Å². The number of benzene rings is 2. The molecule has 2 aromatic heterocycles. The molecule has 0 spiro atoms. The molecule has 0 aliphatic carbocycles. The number of carbonyl (C=O) groups is 2. The van der Waals surface area contributed by atoms with Gasteiger partial charge in [-0.2, -0.15) is 0 Å². The topological polar surface area (TPSA) is 90.2 Å². The summed E-state index contributed by atoms with van der Waals surface area (Å²) in [5.74, 6) is -0.814. The van der Waals surface area contributed by atoms with Crippen LogP contribution < -0.4 is 4.90 Å². The minimum Gasteiger partial charge on any atom is -0.461 e. The fourth-order valence-electron chi connectivity index (χ4n) is 3.44. The number of anilines is 1. The lowest BCUT2D eigenvalue weighted by Crippen LogP contribution is -2.33. The third kappa shape index (κ3) is 5.55. The molecular weight excluding hydrogens is 450 g/mol. The molecule has 8 nitrogen and oxygen atoms in total. The number of carbonyl (C=O) groups excluding carboxylic acids is 2. The normalized spacial score (nSPS) is 10.8. The molecule has 4 rings (SSSR count). The second kappa shape index (κ2) is 10.8. The highest BCUT2D eigenvalue weighted by Gasteiger charge is 2.26. The Morgan fingerprint density at radius 2 is 1.71 bits per heavy atom. The van der Waals surface area contributed by atoms with Gasteiger partial charge in [0.25, 0.3) is 5.91 Å². The van der Waals surface area contributed by atoms with Crippen molar-refractivity contribution >= 4 is 28.3 Å². The summed E-state index contributed by atoms with van der Waals surface area (Å²) >= 11 is 1.28. The highest BCUT2D eigenvalue weighted by Crippen LogP contribution is 2.28. The summed E-state index contributed by atoms with van der Waals surface area (Å²) < 4.78 is 6.75. The van der Waals surface area contributed by atoms with Crippen LogP contribution in [-0.4, -0.2) is 45.0 Å². The van der Waals surface area contributed by atoms with Gasteiger partial charge in [-0.25, -0.2) is 14.5 Å². The van der Waals surface area contributed by atoms with Crippen molar-refractivity contribution in [3.63, 3.8) is 0 Å². The first-order valence-corrected chi connectivity index (χ1v) is 11.8. The van der Waals surface area contributed by atoms with Crippen molar-refractivity contribution in [1.82, 2.24) is 20.0 Å². The van der Waals surface area contributed by atoms with Gasteiger partial charge in [0.1, 0.15) is 0 Å². The molecule has 0 fully saturated rings. The number of rotatable bonds is 9. The van der Waals surface area contributed by atoms with Crippen molar-refractivity contribution in [2.45, 2.75) is 26.8 Å². The van der Waals surface area contributed by atoms with Gasteiger partial charge in [0.05, 0.1) is 19.3 Å². The monoisotopic (exact) mass is 475 g/mol. The van der Waals surface area contributed by atoms with Crippen molar-refractivity contribution in [1.29, 1.82) is 0 Å². The van der Waals surface area contributed by atoms with E-state index in [4.69, 9.17) is 4.74 Å². The lowest BCUT2D eigenvalue weighted by Gasteiger charge is -2.18. The van der Waals surface area contributed by atoms with Gasteiger partial charge in [0.2, 0.25) is 0 Å². The van der Waals surface area contributed by atoms with Crippen LogP contribution in [0.3, 0.4) is 0 Å². The molecule has 0 saturated carbocycles. The maximum Gasteiger partial charge on any atom is 0.358 e. The van der Waals surface area contributed by atoms with Gasteiger partial charge < -0.3 is 4.74 Å². The van der Waals surface area contributed by atoms with E-state index in [1.54, 1.807) is 29.6 Å². The van der Waals surface area contributed by atoms with E-state index >= 15 is 0 Å². The van der Waals surface area contributed by atoms with Crippen molar-refractivity contribution < 1.29 is 14.3 Å². The van der Waals surface area contributed by atoms with Crippen LogP contribution in [0.25, 0.3) is 0 Å². The predicted octanol–water partition coefficient (Wildman–Crippen LogP) is 4.16. The zero-order valence-corrected chi connectivity index (χ0v) is 19.9. The number of amides is 1. The summed E-state index contributed by atoms with van der Waals surface area (Å²) in [6, 6.07) is 19.7. The third-order valence-corrected chi connectivity index (χ3v) is 6.14. The number of thiazole rings is 1. The van der Waals surface area contributed by atoms with Gasteiger partial charge in [0.15, 0.2) is 16.5 Å². The van der Waals surface area contributed by atoms with Gasteiger partial charge in [-0.05, 0) is 31.4 Å². The summed E-state index contributed by atoms with van der Waals surface area (Å²) in [5, 5.41) is 8.67. The number of esters is 1. The smallest absolute Gasteiger partial charge is 0.358 e. The molecule has 0 radical (unpaired) electrons. The lowest BCUT2D eigenvalue weighted by molar-refractivity contribution is 0.0519. The summed E-state index contributed by atoms with van der Waals surface area (Å²) in [6.07, 6.45) is 2.26. The van der Waals surface area contributed by atoms with E-state index in [1.807, 2.05) is 60.7 Å². The van der Waals surface area contributed by atoms with Crippen LogP contribution in [0.15, 0.2) is 66.9 Å². The number of aryl methyl sites for hydroxylation is 1. The van der Waals surface area contributed by atoms with Gasteiger partial charge in [-0.15, -0.1) is 16.4 Å². The SMILES string of the molecule is CCOC(=O)c1nc(N(CCc2ccccc2)C(=O)c2cn(Cc3ccccc3)nn2)sc1C. The zero-order valence-electron chi connectivity index (χ0n) is 19.0. The summed E-state index contributed by atoms with van der Waals surface area (Å²) in [6.45, 7) is 4.68. The molecule has 1 amide bonds. The molecule has 4 aromatic rings. The molecule has 0 aliphatic heterocycles. The third-order valence-electron chi connectivity index (χ3n) is 5.14. The second-order valence-corrected chi connectivity index (χ2v) is 8.78. The molecule has 174 valence electrons. The van der Waals surface area contributed by atoms with E-state index in [1.165, 1.54) is 11.3 Å². The predicted molar refractivity (Wildman–Crippen MR) is 130 cm³/mol. The molecule has 0 unspecified atom stereocenters. The minimum atomic E-state index is -0.494. The van der Waals surface area contributed by atoms with Crippen LogP contribution in [-0.2, 0) is 17.7 Å². The summed E-state index contributed by atoms with van der Waals surface area (Å²) in [7, 11) is 0. The van der Waals surface area contributed by atoms with Crippen molar-refractivity contribution in [3.05, 3.63) is 94.3 Å². The van der Waals surface area contributed by atoms with Crippen LogP contribution in [0.2, 0.25) is 0 Å². The Bertz CT molecular complexity index is 1250. The summed E-state index contributed by atoms with van der Waals surface area (Å²) in [5.41, 5.74) is 2.59. The van der Waals surface area contributed by atoms with Crippen molar-refractivity contribution in [3.8, 4) is 0 Å². The van der Waals surface area contributed by atoms with E-state index in [2.05, 4.69) is 15.3 Å². The van der Waals surface area contributed by atoms with Gasteiger partial charge >= 0.3 is 5.97 Å². The Kier molecular flexibility index (Phi) is 7.44. The van der Waals surface area contributed by atoms with E-state index in [-0.39, 0.29) is 23.9 Å². The van der Waals surface area contributed by atoms with Crippen LogP contribution in [0, 0.1) is 6.92 Å². The average molecular weight is 476 g/mol. The van der Waals surface area contributed by atoms with Crippen LogP contribution in [0.1, 0.15) is 43.9 Å². The lowest BCUT2D eigenvalue weighted by atomic mass is 10.1. The fraction of sp³-hybridized carbons (Fsp3) is 0.240. The highest BCUT2D eigenvalue weighted by molar-refractivity contribution is 7.16. The quantitative estimate of drug-likeness (QED) is 0.338. The van der Waals surface area contributed by atoms with E-state index in [0.717, 1.165) is 11.1 Å². The first kappa shape index (κ1) is 23.3. The van der Waals surface area contributed by atoms with Gasteiger partial charge in [0, 0.05) is 11.4 Å². The highest BCUT2D eigenvalue weighted by atomic mass is 32.1. The molecule has 9 heteroatoms. The van der Waals surface area contributed by atoms with Crippen molar-refractivity contribution in [2.24, 2.45) is 0 Å². The first-order valence-electron chi connectivity index (χ1n) is 11.0. The molecule has 0 N–H and O–H groups in total. The Morgan fingerprint density at radius 1 is 1.03 bits per heavy atom. The second-order valence-electron chi connectivity index (χ2n) is 7.60. The maximum atomic E-state index is 13.5. The van der Waals surface area contributed by atoms with E-state index < -0.39 is 5.97 Å². The Labute approximate surface area is 201 Å². The van der Waals surface area contributed by atoms with E-state index in [9.17, 15) is 9.59 Å². The Morgan fingerprint density at radius 3 is 2.38 bits per heavy atom. The number of aromatic nitrogens is 4.